The summed E-state index contributed by atoms with van der Waals surface area (Å²) in [6.07, 6.45) is -3.99. The summed E-state index contributed by atoms with van der Waals surface area (Å²) < 4.78 is 45.4. The van der Waals surface area contributed by atoms with Gasteiger partial charge in [-0.05, 0) is 12.1 Å². The number of carbonyl (C=O) groups excluding carboxylic acids is 2. The molecule has 3 aromatic rings. The maximum atomic E-state index is 12.1. The molecule has 3 rings (SSSR count). The zero-order chi connectivity index (χ0) is 18.0. The van der Waals surface area contributed by atoms with Gasteiger partial charge in [0.05, 0.1) is 11.7 Å². The molecular weight excluding hydrogens is 345 g/mol. The molecule has 8 nitrogen and oxygen atoms in total. The first-order valence-electron chi connectivity index (χ1n) is 6.61. The van der Waals surface area contributed by atoms with Gasteiger partial charge in [0.2, 0.25) is 5.69 Å². The number of hydrogen-bond donors (Lipinski definition) is 1. The summed E-state index contributed by atoms with van der Waals surface area (Å²) >= 11 is 0. The summed E-state index contributed by atoms with van der Waals surface area (Å²) in [6, 6.07) is 8.66. The number of rotatable bonds is 3. The highest BCUT2D eigenvalue weighted by molar-refractivity contribution is 5.98. The molecule has 0 aliphatic rings. The molecule has 2 aromatic heterocycles. The SMILES string of the molecule is O=C(OC(=O)C(F)(F)F)c1[nH]nnc1Oc1cnc2ccccc2c1. The molecule has 128 valence electrons. The van der Waals surface area contributed by atoms with Gasteiger partial charge in [-0.3, -0.25) is 4.98 Å². The number of halogens is 3. The van der Waals surface area contributed by atoms with Crippen LogP contribution in [0, 0.1) is 0 Å². The van der Waals surface area contributed by atoms with Crippen LogP contribution in [0.4, 0.5) is 13.2 Å². The van der Waals surface area contributed by atoms with Gasteiger partial charge in [-0.15, -0.1) is 0 Å². The lowest BCUT2D eigenvalue weighted by molar-refractivity contribution is -0.193. The summed E-state index contributed by atoms with van der Waals surface area (Å²) in [6.45, 7) is 0. The summed E-state index contributed by atoms with van der Waals surface area (Å²) in [5.74, 6) is -4.60. The van der Waals surface area contributed by atoms with Crippen molar-refractivity contribution in [3.8, 4) is 11.6 Å². The van der Waals surface area contributed by atoms with Crippen LogP contribution in [0.5, 0.6) is 11.6 Å². The Morgan fingerprint density at radius 3 is 2.68 bits per heavy atom. The van der Waals surface area contributed by atoms with Crippen LogP contribution in [0.2, 0.25) is 0 Å². The van der Waals surface area contributed by atoms with E-state index in [0.717, 1.165) is 5.39 Å². The van der Waals surface area contributed by atoms with E-state index < -0.39 is 29.7 Å². The number of fused-ring (bicyclic) bond motifs is 1. The molecule has 0 aliphatic heterocycles. The highest BCUT2D eigenvalue weighted by atomic mass is 19.4. The largest absolute Gasteiger partial charge is 0.491 e. The Bertz CT molecular complexity index is 954. The van der Waals surface area contributed by atoms with Crippen LogP contribution in [0.3, 0.4) is 0 Å². The number of pyridine rings is 1. The minimum absolute atomic E-state index is 0.156. The van der Waals surface area contributed by atoms with Gasteiger partial charge in [0.15, 0.2) is 0 Å². The Labute approximate surface area is 136 Å². The number of alkyl halides is 3. The number of nitrogens with zero attached hydrogens (tertiary/aromatic N) is 3. The predicted octanol–water partition coefficient (Wildman–Crippen LogP) is 2.39. The number of para-hydroxylation sites is 1. The molecule has 11 heteroatoms. The molecule has 0 saturated heterocycles. The minimum Gasteiger partial charge on any atom is -0.434 e. The summed E-state index contributed by atoms with van der Waals surface area (Å²) in [7, 11) is 0. The number of hydrogen-bond acceptors (Lipinski definition) is 7. The molecular formula is C14H7F3N4O4. The van der Waals surface area contributed by atoms with E-state index in [9.17, 15) is 22.8 Å². The van der Waals surface area contributed by atoms with Crippen molar-refractivity contribution in [2.75, 3.05) is 0 Å². The minimum atomic E-state index is -5.31. The Morgan fingerprint density at radius 1 is 1.16 bits per heavy atom. The molecule has 0 unspecified atom stereocenters. The maximum Gasteiger partial charge on any atom is 0.491 e. The average Bonchev–Trinajstić information content (AvgIpc) is 3.02. The Morgan fingerprint density at radius 2 is 1.92 bits per heavy atom. The van der Waals surface area contributed by atoms with E-state index in [1.165, 1.54) is 6.20 Å². The number of benzene rings is 1. The Kier molecular flexibility index (Phi) is 4.05. The highest BCUT2D eigenvalue weighted by Crippen LogP contribution is 2.25. The van der Waals surface area contributed by atoms with Crippen molar-refractivity contribution in [2.24, 2.45) is 0 Å². The van der Waals surface area contributed by atoms with Crippen LogP contribution in [0.1, 0.15) is 10.5 Å². The number of aromatic nitrogens is 4. The number of nitrogens with one attached hydrogen (secondary N) is 1. The van der Waals surface area contributed by atoms with E-state index >= 15 is 0 Å². The normalized spacial score (nSPS) is 11.3. The fourth-order valence-corrected chi connectivity index (χ4v) is 1.83. The average molecular weight is 352 g/mol. The maximum absolute atomic E-state index is 12.1. The third-order valence-corrected chi connectivity index (χ3v) is 2.92. The van der Waals surface area contributed by atoms with Gasteiger partial charge in [0, 0.05) is 5.39 Å². The number of carbonyl (C=O) groups is 2. The molecule has 25 heavy (non-hydrogen) atoms. The second-order valence-electron chi connectivity index (χ2n) is 4.63. The molecule has 0 spiro atoms. The van der Waals surface area contributed by atoms with Gasteiger partial charge < -0.3 is 9.47 Å². The molecule has 0 bridgehead atoms. The fourth-order valence-electron chi connectivity index (χ4n) is 1.83. The summed E-state index contributed by atoms with van der Waals surface area (Å²) in [5.41, 5.74) is 0.0381. The van der Waals surface area contributed by atoms with Crippen molar-refractivity contribution in [3.63, 3.8) is 0 Å². The van der Waals surface area contributed by atoms with Gasteiger partial charge in [0.1, 0.15) is 5.75 Å². The van der Waals surface area contributed by atoms with Gasteiger partial charge in [0.25, 0.3) is 5.88 Å². The zero-order valence-corrected chi connectivity index (χ0v) is 12.1. The summed E-state index contributed by atoms with van der Waals surface area (Å²) in [4.78, 5) is 26.5. The predicted molar refractivity (Wildman–Crippen MR) is 74.7 cm³/mol. The number of aromatic amines is 1. The van der Waals surface area contributed by atoms with Crippen molar-refractivity contribution in [2.45, 2.75) is 6.18 Å². The molecule has 0 radical (unpaired) electrons. The Balaban J connectivity index is 1.81. The molecule has 1 N–H and O–H groups in total. The van der Waals surface area contributed by atoms with Crippen LogP contribution >= 0.6 is 0 Å². The molecule has 0 amide bonds. The third-order valence-electron chi connectivity index (χ3n) is 2.92. The van der Waals surface area contributed by atoms with Crippen molar-refractivity contribution in [1.82, 2.24) is 20.4 Å². The van der Waals surface area contributed by atoms with Gasteiger partial charge in [-0.2, -0.15) is 13.2 Å². The smallest absolute Gasteiger partial charge is 0.434 e. The van der Waals surface area contributed by atoms with Crippen LogP contribution in [0.15, 0.2) is 36.5 Å². The molecule has 0 atom stereocenters. The number of H-pyrrole nitrogens is 1. The van der Waals surface area contributed by atoms with Crippen molar-refractivity contribution >= 4 is 22.8 Å². The van der Waals surface area contributed by atoms with Crippen molar-refractivity contribution in [3.05, 3.63) is 42.2 Å². The molecule has 2 heterocycles. The first-order valence-corrected chi connectivity index (χ1v) is 6.61. The lowest BCUT2D eigenvalue weighted by Gasteiger charge is -2.06. The van der Waals surface area contributed by atoms with Crippen LogP contribution < -0.4 is 4.74 Å². The topological polar surface area (TPSA) is 107 Å². The number of esters is 2. The van der Waals surface area contributed by atoms with E-state index in [2.05, 4.69) is 20.0 Å². The fraction of sp³-hybridized carbons (Fsp3) is 0.0714. The molecule has 0 saturated carbocycles. The van der Waals surface area contributed by atoms with E-state index in [-0.39, 0.29) is 5.75 Å². The first-order chi connectivity index (χ1) is 11.8. The van der Waals surface area contributed by atoms with Gasteiger partial charge >= 0.3 is 18.1 Å². The number of ether oxygens (including phenoxy) is 2. The summed E-state index contributed by atoms with van der Waals surface area (Å²) in [5, 5.41) is 9.43. The molecule has 0 fully saturated rings. The van der Waals surface area contributed by atoms with Crippen LogP contribution in [-0.2, 0) is 9.53 Å². The second-order valence-corrected chi connectivity index (χ2v) is 4.63. The quantitative estimate of drug-likeness (QED) is 0.570. The standard InChI is InChI=1S/C14H7F3N4O4/c15-14(16,17)13(23)25-12(22)10-11(20-21-19-10)24-8-5-7-3-1-2-4-9(7)18-6-8/h1-6H,(H,19,20,21). The lowest BCUT2D eigenvalue weighted by atomic mass is 10.2. The second kappa shape index (κ2) is 6.19. The molecule has 0 aliphatic carbocycles. The van der Waals surface area contributed by atoms with Crippen LogP contribution in [-0.4, -0.2) is 38.5 Å². The first kappa shape index (κ1) is 16.4. The van der Waals surface area contributed by atoms with Crippen molar-refractivity contribution < 1.29 is 32.2 Å². The van der Waals surface area contributed by atoms with Crippen LogP contribution in [0.25, 0.3) is 10.9 Å². The van der Waals surface area contributed by atoms with E-state index in [1.54, 1.807) is 30.3 Å². The third kappa shape index (κ3) is 3.54. The van der Waals surface area contributed by atoms with Crippen molar-refractivity contribution in [1.29, 1.82) is 0 Å². The van der Waals surface area contributed by atoms with E-state index in [4.69, 9.17) is 4.74 Å². The highest BCUT2D eigenvalue weighted by Gasteiger charge is 2.43. The zero-order valence-electron chi connectivity index (χ0n) is 12.1. The monoisotopic (exact) mass is 352 g/mol. The van der Waals surface area contributed by atoms with Gasteiger partial charge in [-0.1, -0.05) is 28.5 Å². The molecule has 1 aromatic carbocycles. The van der Waals surface area contributed by atoms with E-state index in [1.807, 2.05) is 5.10 Å². The van der Waals surface area contributed by atoms with Gasteiger partial charge in [-0.25, -0.2) is 14.7 Å². The van der Waals surface area contributed by atoms with E-state index in [0.29, 0.717) is 5.52 Å². The Hall–Kier alpha value is -3.50. The lowest BCUT2D eigenvalue weighted by Crippen LogP contribution is -2.28.